The van der Waals surface area contributed by atoms with E-state index in [2.05, 4.69) is 25.7 Å². The quantitative estimate of drug-likeness (QED) is 0.226. The molecule has 168 valence electrons. The molecule has 1 atom stereocenters. The van der Waals surface area contributed by atoms with Crippen molar-refractivity contribution < 1.29 is 13.2 Å². The zero-order chi connectivity index (χ0) is 21.4. The van der Waals surface area contributed by atoms with Gasteiger partial charge in [0.05, 0.1) is 5.75 Å². The van der Waals surface area contributed by atoms with Crippen molar-refractivity contribution in [2.45, 2.75) is 18.9 Å². The number of guanidine groups is 1. The van der Waals surface area contributed by atoms with Gasteiger partial charge in [0.25, 0.3) is 0 Å². The fourth-order valence-electron chi connectivity index (χ4n) is 3.29. The van der Waals surface area contributed by atoms with E-state index in [0.29, 0.717) is 18.9 Å². The highest BCUT2D eigenvalue weighted by molar-refractivity contribution is 14.0. The summed E-state index contributed by atoms with van der Waals surface area (Å²) in [5, 5.41) is 9.09. The highest BCUT2D eigenvalue weighted by Gasteiger charge is 2.24. The van der Waals surface area contributed by atoms with Gasteiger partial charge in [0.1, 0.15) is 0 Å². The molecular formula is C21H28IN5O3S. The predicted molar refractivity (Wildman–Crippen MR) is 134 cm³/mol. The van der Waals surface area contributed by atoms with Crippen LogP contribution in [0.15, 0.2) is 59.6 Å². The molecule has 8 nitrogen and oxygen atoms in total. The number of fused-ring (bicyclic) bond motifs is 1. The lowest BCUT2D eigenvalue weighted by atomic mass is 9.90. The molecule has 1 heterocycles. The monoisotopic (exact) mass is 557 g/mol. The second-order valence-electron chi connectivity index (χ2n) is 7.04. The van der Waals surface area contributed by atoms with E-state index in [4.69, 9.17) is 0 Å². The fourth-order valence-corrected chi connectivity index (χ4v) is 4.19. The van der Waals surface area contributed by atoms with Crippen LogP contribution in [0.5, 0.6) is 0 Å². The molecule has 31 heavy (non-hydrogen) atoms. The molecule has 0 spiro atoms. The van der Waals surface area contributed by atoms with Gasteiger partial charge in [-0.05, 0) is 17.2 Å². The Morgan fingerprint density at radius 2 is 1.81 bits per heavy atom. The summed E-state index contributed by atoms with van der Waals surface area (Å²) >= 11 is 0. The summed E-state index contributed by atoms with van der Waals surface area (Å²) in [7, 11) is -1.79. The third kappa shape index (κ3) is 7.78. The van der Waals surface area contributed by atoms with Crippen LogP contribution < -0.4 is 20.7 Å². The summed E-state index contributed by atoms with van der Waals surface area (Å²) in [6.07, 6.45) is 0.388. The molecule has 2 aromatic rings. The van der Waals surface area contributed by atoms with Crippen molar-refractivity contribution in [2.75, 3.05) is 31.2 Å². The van der Waals surface area contributed by atoms with E-state index < -0.39 is 10.0 Å². The Kier molecular flexibility index (Phi) is 9.72. The lowest BCUT2D eigenvalue weighted by Gasteiger charge is -2.26. The largest absolute Gasteiger partial charge is 0.356 e. The number of benzene rings is 2. The Morgan fingerprint density at radius 1 is 1.10 bits per heavy atom. The number of carbonyl (C=O) groups excluding carboxylic acids is 1. The van der Waals surface area contributed by atoms with Gasteiger partial charge < -0.3 is 16.0 Å². The zero-order valence-corrected chi connectivity index (χ0v) is 20.4. The normalized spacial score (nSPS) is 16.0. The Bertz CT molecular complexity index is 999. The SMILES string of the molecule is CN=C(NCCS(=O)(=O)NCc1ccccc1)NCC1CC(=O)Nc2ccccc21.I. The lowest BCUT2D eigenvalue weighted by molar-refractivity contribution is -0.116. The highest BCUT2D eigenvalue weighted by atomic mass is 127. The minimum atomic E-state index is -3.41. The van der Waals surface area contributed by atoms with Crippen LogP contribution in [0.4, 0.5) is 5.69 Å². The van der Waals surface area contributed by atoms with Crippen LogP contribution in [0.2, 0.25) is 0 Å². The molecule has 2 aromatic carbocycles. The molecule has 1 aliphatic rings. The van der Waals surface area contributed by atoms with Crippen molar-refractivity contribution in [1.29, 1.82) is 0 Å². The summed E-state index contributed by atoms with van der Waals surface area (Å²) in [6, 6.07) is 17.1. The van der Waals surface area contributed by atoms with Crippen LogP contribution >= 0.6 is 24.0 Å². The van der Waals surface area contributed by atoms with Gasteiger partial charge in [-0.15, -0.1) is 24.0 Å². The van der Waals surface area contributed by atoms with E-state index in [0.717, 1.165) is 16.8 Å². The maximum Gasteiger partial charge on any atom is 0.225 e. The first-order chi connectivity index (χ1) is 14.5. The number of carbonyl (C=O) groups is 1. The Hall–Kier alpha value is -2.18. The van der Waals surface area contributed by atoms with Crippen molar-refractivity contribution in [2.24, 2.45) is 4.99 Å². The van der Waals surface area contributed by atoms with Gasteiger partial charge in [0.15, 0.2) is 5.96 Å². The number of anilines is 1. The number of nitrogens with zero attached hydrogens (tertiary/aromatic N) is 1. The number of nitrogens with one attached hydrogen (secondary N) is 4. The third-order valence-corrected chi connectivity index (χ3v) is 6.17. The van der Waals surface area contributed by atoms with Crippen LogP contribution in [0.25, 0.3) is 0 Å². The van der Waals surface area contributed by atoms with Crippen LogP contribution in [-0.4, -0.2) is 46.2 Å². The summed E-state index contributed by atoms with van der Waals surface area (Å²) in [6.45, 7) is 0.994. The first-order valence-corrected chi connectivity index (χ1v) is 11.5. The Morgan fingerprint density at radius 3 is 2.55 bits per heavy atom. The fraction of sp³-hybridized carbons (Fsp3) is 0.333. The van der Waals surface area contributed by atoms with Crippen LogP contribution in [0.1, 0.15) is 23.5 Å². The molecule has 0 saturated heterocycles. The van der Waals surface area contributed by atoms with E-state index in [-0.39, 0.29) is 54.6 Å². The predicted octanol–water partition coefficient (Wildman–Crippen LogP) is 2.02. The van der Waals surface area contributed by atoms with Crippen molar-refractivity contribution in [1.82, 2.24) is 15.4 Å². The summed E-state index contributed by atoms with van der Waals surface area (Å²) in [4.78, 5) is 16.1. The lowest BCUT2D eigenvalue weighted by Crippen LogP contribution is -2.43. The number of halogens is 1. The standard InChI is InChI=1S/C21H27N5O3S.HI/c1-22-21(23-11-12-30(28,29)25-14-16-7-3-2-4-8-16)24-15-17-13-20(27)26-19-10-6-5-9-18(17)19;/h2-10,17,25H,11-15H2,1H3,(H,26,27)(H2,22,23,24);1H. The third-order valence-electron chi connectivity index (χ3n) is 4.85. The minimum Gasteiger partial charge on any atom is -0.356 e. The van der Waals surface area contributed by atoms with Crippen LogP contribution in [0, 0.1) is 0 Å². The number of hydrogen-bond acceptors (Lipinski definition) is 4. The number of aliphatic imine (C=N–C) groups is 1. The molecule has 0 radical (unpaired) electrons. The maximum absolute atomic E-state index is 12.2. The van der Waals surface area contributed by atoms with Crippen LogP contribution in [-0.2, 0) is 21.4 Å². The maximum atomic E-state index is 12.2. The molecular weight excluding hydrogens is 529 g/mol. The number of amides is 1. The zero-order valence-electron chi connectivity index (χ0n) is 17.3. The van der Waals surface area contributed by atoms with Gasteiger partial charge >= 0.3 is 0 Å². The van der Waals surface area contributed by atoms with Crippen LogP contribution in [0.3, 0.4) is 0 Å². The molecule has 0 saturated carbocycles. The van der Waals surface area contributed by atoms with Crippen molar-refractivity contribution in [3.63, 3.8) is 0 Å². The van der Waals surface area contributed by atoms with Crippen molar-refractivity contribution >= 4 is 51.6 Å². The van der Waals surface area contributed by atoms with E-state index in [1.807, 2.05) is 54.6 Å². The van der Waals surface area contributed by atoms with Crippen molar-refractivity contribution in [3.8, 4) is 0 Å². The Balaban J connectivity index is 0.00000341. The molecule has 4 N–H and O–H groups in total. The average Bonchev–Trinajstić information content (AvgIpc) is 2.75. The number of rotatable bonds is 8. The highest BCUT2D eigenvalue weighted by Crippen LogP contribution is 2.31. The topological polar surface area (TPSA) is 112 Å². The van der Waals surface area contributed by atoms with Crippen molar-refractivity contribution in [3.05, 3.63) is 65.7 Å². The molecule has 0 fully saturated rings. The first-order valence-electron chi connectivity index (χ1n) is 9.81. The van der Waals surface area contributed by atoms with E-state index in [1.54, 1.807) is 7.05 Å². The molecule has 1 aliphatic heterocycles. The van der Waals surface area contributed by atoms with Gasteiger partial charge in [-0.25, -0.2) is 13.1 Å². The van der Waals surface area contributed by atoms with E-state index >= 15 is 0 Å². The van der Waals surface area contributed by atoms with Gasteiger partial charge in [-0.2, -0.15) is 0 Å². The molecule has 10 heteroatoms. The molecule has 1 amide bonds. The Labute approximate surface area is 200 Å². The van der Waals surface area contributed by atoms with Gasteiger partial charge in [-0.1, -0.05) is 48.5 Å². The summed E-state index contributed by atoms with van der Waals surface area (Å²) in [5.74, 6) is 0.426. The summed E-state index contributed by atoms with van der Waals surface area (Å²) < 4.78 is 27.0. The number of para-hydroxylation sites is 1. The second kappa shape index (κ2) is 12.0. The molecule has 1 unspecified atom stereocenters. The van der Waals surface area contributed by atoms with E-state index in [9.17, 15) is 13.2 Å². The smallest absolute Gasteiger partial charge is 0.225 e. The number of hydrogen-bond donors (Lipinski definition) is 4. The first kappa shape index (κ1) is 25.1. The summed E-state index contributed by atoms with van der Waals surface area (Å²) in [5.41, 5.74) is 2.81. The number of sulfonamides is 1. The second-order valence-corrected chi connectivity index (χ2v) is 8.97. The molecule has 0 aliphatic carbocycles. The molecule has 3 rings (SSSR count). The van der Waals surface area contributed by atoms with Gasteiger partial charge in [-0.3, -0.25) is 9.79 Å². The average molecular weight is 557 g/mol. The van der Waals surface area contributed by atoms with E-state index in [1.165, 1.54) is 0 Å². The molecule has 0 aromatic heterocycles. The molecule has 0 bridgehead atoms. The van der Waals surface area contributed by atoms with Gasteiger partial charge in [0, 0.05) is 44.7 Å². The van der Waals surface area contributed by atoms with Gasteiger partial charge in [0.2, 0.25) is 15.9 Å². The minimum absolute atomic E-state index is 0.